The molecule has 3 saturated carbocycles. The number of aliphatic carboxylic acids is 1. The Morgan fingerprint density at radius 3 is 2.61 bits per heavy atom. The molecule has 0 aromatic heterocycles. The molecule has 7 nitrogen and oxygen atoms in total. The van der Waals surface area contributed by atoms with Crippen LogP contribution in [0.4, 0.5) is 0 Å². The first-order valence-corrected chi connectivity index (χ1v) is 11.7. The molecular weight excluding hydrogens is 396 g/mol. The number of aliphatic hydroxyl groups is 1. The Bertz CT molecular complexity index is 819. The number of hydrogen-bond acceptors (Lipinski definition) is 5. The molecule has 6 unspecified atom stereocenters. The molecule has 4 rings (SSSR count). The van der Waals surface area contributed by atoms with Crippen molar-refractivity contribution in [3.05, 3.63) is 11.6 Å². The van der Waals surface area contributed by atoms with Crippen molar-refractivity contribution < 1.29 is 24.6 Å². The molecule has 0 heterocycles. The van der Waals surface area contributed by atoms with Crippen molar-refractivity contribution in [2.24, 2.45) is 33.7 Å². The fourth-order valence-electron chi connectivity index (χ4n) is 7.29. The molecule has 6 atom stereocenters. The van der Waals surface area contributed by atoms with Crippen LogP contribution in [-0.4, -0.2) is 46.6 Å². The third-order valence-electron chi connectivity index (χ3n) is 9.35. The summed E-state index contributed by atoms with van der Waals surface area (Å²) in [5.41, 5.74) is 1.99. The van der Waals surface area contributed by atoms with Crippen LogP contribution in [0, 0.1) is 28.6 Å². The fraction of sp³-hybridized carbons (Fsp3) is 0.792. The van der Waals surface area contributed by atoms with Gasteiger partial charge in [0.15, 0.2) is 6.61 Å². The molecule has 3 fully saturated rings. The van der Waals surface area contributed by atoms with Crippen molar-refractivity contribution >= 4 is 17.6 Å². The van der Waals surface area contributed by atoms with Crippen LogP contribution in [0.15, 0.2) is 16.8 Å². The normalized spacial score (nSPS) is 42.8. The molecule has 0 bridgehead atoms. The van der Waals surface area contributed by atoms with Gasteiger partial charge in [0.25, 0.3) is 5.91 Å². The highest BCUT2D eigenvalue weighted by Crippen LogP contribution is 2.67. The number of allylic oxidation sites excluding steroid dienone is 2. The summed E-state index contributed by atoms with van der Waals surface area (Å²) in [5.74, 6) is 0.377. The van der Waals surface area contributed by atoms with Gasteiger partial charge < -0.3 is 20.4 Å². The minimum absolute atomic E-state index is 0.0437. The largest absolute Gasteiger partial charge is 0.480 e. The van der Waals surface area contributed by atoms with E-state index in [0.29, 0.717) is 17.8 Å². The fourth-order valence-corrected chi connectivity index (χ4v) is 7.29. The first kappa shape index (κ1) is 22.3. The first-order chi connectivity index (χ1) is 14.6. The zero-order valence-corrected chi connectivity index (χ0v) is 18.9. The summed E-state index contributed by atoms with van der Waals surface area (Å²) in [6.07, 6.45) is 10.6. The van der Waals surface area contributed by atoms with Crippen molar-refractivity contribution in [1.82, 2.24) is 5.32 Å². The van der Waals surface area contributed by atoms with Gasteiger partial charge in [0, 0.05) is 0 Å². The number of nitrogens with zero attached hydrogens (tertiary/aromatic N) is 1. The van der Waals surface area contributed by atoms with E-state index in [1.165, 1.54) is 18.4 Å². The van der Waals surface area contributed by atoms with E-state index in [-0.39, 0.29) is 17.4 Å². The van der Waals surface area contributed by atoms with Crippen LogP contribution in [0.3, 0.4) is 0 Å². The van der Waals surface area contributed by atoms with E-state index in [2.05, 4.69) is 37.3 Å². The van der Waals surface area contributed by atoms with Crippen molar-refractivity contribution in [3.8, 4) is 0 Å². The van der Waals surface area contributed by atoms with Crippen molar-refractivity contribution in [1.29, 1.82) is 0 Å². The van der Waals surface area contributed by atoms with Crippen LogP contribution in [0.2, 0.25) is 0 Å². The van der Waals surface area contributed by atoms with Gasteiger partial charge >= 0.3 is 5.97 Å². The summed E-state index contributed by atoms with van der Waals surface area (Å²) >= 11 is 0. The maximum Gasteiger partial charge on any atom is 0.322 e. The SMILES string of the molecule is CC12CCC(=NOCC(=O)NCC(=O)O)C=C1CCC1C2CCC2(C)C1CCC2(C)O. The molecule has 31 heavy (non-hydrogen) atoms. The molecule has 0 spiro atoms. The topological polar surface area (TPSA) is 108 Å². The molecule has 0 aliphatic heterocycles. The Morgan fingerprint density at radius 2 is 1.87 bits per heavy atom. The lowest BCUT2D eigenvalue weighted by Crippen LogP contribution is -2.53. The number of rotatable bonds is 5. The summed E-state index contributed by atoms with van der Waals surface area (Å²) in [4.78, 5) is 27.3. The second kappa shape index (κ2) is 7.91. The third-order valence-corrected chi connectivity index (χ3v) is 9.35. The molecule has 0 radical (unpaired) electrons. The predicted octanol–water partition coefficient (Wildman–Crippen LogP) is 3.27. The number of oxime groups is 1. The number of carbonyl (C=O) groups excluding carboxylic acids is 1. The quantitative estimate of drug-likeness (QED) is 0.578. The maximum absolute atomic E-state index is 11.6. The highest BCUT2D eigenvalue weighted by atomic mass is 16.6. The monoisotopic (exact) mass is 432 g/mol. The molecule has 0 saturated heterocycles. The van der Waals surface area contributed by atoms with Gasteiger partial charge in [-0.1, -0.05) is 24.6 Å². The minimum atomic E-state index is -1.09. The standard InChI is InChI=1S/C24H36N2O5/c1-22-9-6-16(26-31-14-20(27)25-13-21(28)29)12-15(22)4-5-17-18(22)7-10-23(2)19(17)8-11-24(23,3)30/h12,17-19,30H,4-11,13-14H2,1-3H3,(H,25,27)(H,28,29). The van der Waals surface area contributed by atoms with Crippen LogP contribution < -0.4 is 5.32 Å². The van der Waals surface area contributed by atoms with E-state index in [0.717, 1.165) is 44.2 Å². The van der Waals surface area contributed by atoms with E-state index in [9.17, 15) is 14.7 Å². The lowest BCUT2D eigenvalue weighted by Gasteiger charge is -2.59. The van der Waals surface area contributed by atoms with Gasteiger partial charge in [-0.2, -0.15) is 0 Å². The van der Waals surface area contributed by atoms with Crippen LogP contribution in [0.5, 0.6) is 0 Å². The van der Waals surface area contributed by atoms with Crippen LogP contribution in [0.1, 0.15) is 72.1 Å². The molecule has 0 aromatic rings. The number of hydrogen-bond donors (Lipinski definition) is 3. The van der Waals surface area contributed by atoms with Gasteiger partial charge in [-0.15, -0.1) is 0 Å². The highest BCUT2D eigenvalue weighted by molar-refractivity contribution is 5.96. The lowest BCUT2D eigenvalue weighted by atomic mass is 9.46. The number of nitrogens with one attached hydrogen (secondary N) is 1. The third kappa shape index (κ3) is 3.79. The molecule has 0 aromatic carbocycles. The second-order valence-corrected chi connectivity index (χ2v) is 10.8. The minimum Gasteiger partial charge on any atom is -0.480 e. The Balaban J connectivity index is 1.43. The average Bonchev–Trinajstić information content (AvgIpc) is 2.96. The summed E-state index contributed by atoms with van der Waals surface area (Å²) in [6.45, 7) is 6.10. The van der Waals surface area contributed by atoms with E-state index < -0.39 is 24.0 Å². The number of carboxylic acids is 1. The van der Waals surface area contributed by atoms with Crippen LogP contribution in [-0.2, 0) is 14.4 Å². The average molecular weight is 433 g/mol. The summed E-state index contributed by atoms with van der Waals surface area (Å²) in [7, 11) is 0. The van der Waals surface area contributed by atoms with Gasteiger partial charge in [0.2, 0.25) is 0 Å². The van der Waals surface area contributed by atoms with Crippen LogP contribution >= 0.6 is 0 Å². The van der Waals surface area contributed by atoms with Crippen molar-refractivity contribution in [2.75, 3.05) is 13.2 Å². The van der Waals surface area contributed by atoms with E-state index in [1.807, 2.05) is 0 Å². The number of amides is 1. The Morgan fingerprint density at radius 1 is 1.13 bits per heavy atom. The second-order valence-electron chi connectivity index (χ2n) is 10.8. The van der Waals surface area contributed by atoms with E-state index in [4.69, 9.17) is 9.94 Å². The van der Waals surface area contributed by atoms with Crippen molar-refractivity contribution in [3.63, 3.8) is 0 Å². The molecule has 3 N–H and O–H groups in total. The molecule has 4 aliphatic rings. The van der Waals surface area contributed by atoms with E-state index in [1.54, 1.807) is 0 Å². The molecule has 4 aliphatic carbocycles. The smallest absolute Gasteiger partial charge is 0.322 e. The summed E-state index contributed by atoms with van der Waals surface area (Å²) in [5, 5.41) is 26.1. The zero-order chi connectivity index (χ0) is 22.4. The van der Waals surface area contributed by atoms with Crippen molar-refractivity contribution in [2.45, 2.75) is 77.7 Å². The predicted molar refractivity (Wildman–Crippen MR) is 116 cm³/mol. The molecular formula is C24H36N2O5. The zero-order valence-electron chi connectivity index (χ0n) is 18.9. The number of carboxylic acid groups (broad SMARTS) is 1. The molecule has 1 amide bonds. The number of carbonyl (C=O) groups is 2. The van der Waals surface area contributed by atoms with Gasteiger partial charge in [0.1, 0.15) is 6.54 Å². The summed E-state index contributed by atoms with van der Waals surface area (Å²) < 4.78 is 0. The van der Waals surface area contributed by atoms with Crippen LogP contribution in [0.25, 0.3) is 0 Å². The van der Waals surface area contributed by atoms with Gasteiger partial charge in [-0.05, 0) is 93.0 Å². The van der Waals surface area contributed by atoms with E-state index >= 15 is 0 Å². The number of fused-ring (bicyclic) bond motifs is 5. The first-order valence-electron chi connectivity index (χ1n) is 11.7. The lowest BCUT2D eigenvalue weighted by molar-refractivity contribution is -0.138. The van der Waals surface area contributed by atoms with Gasteiger partial charge in [-0.3, -0.25) is 9.59 Å². The molecule has 172 valence electrons. The maximum atomic E-state index is 11.6. The molecule has 7 heteroatoms. The highest BCUT2D eigenvalue weighted by Gasteiger charge is 2.62. The Hall–Kier alpha value is -1.89. The Labute approximate surface area is 184 Å². The Kier molecular flexibility index (Phi) is 5.69. The van der Waals surface area contributed by atoms with Gasteiger partial charge in [-0.25, -0.2) is 0 Å². The summed E-state index contributed by atoms with van der Waals surface area (Å²) in [6, 6.07) is 0. The van der Waals surface area contributed by atoms with Gasteiger partial charge in [0.05, 0.1) is 11.3 Å².